The van der Waals surface area contributed by atoms with Crippen molar-refractivity contribution >= 4 is 12.1 Å². The molecule has 0 radical (unpaired) electrons. The van der Waals surface area contributed by atoms with E-state index in [1.165, 1.54) is 0 Å². The van der Waals surface area contributed by atoms with Crippen LogP contribution in [0.3, 0.4) is 0 Å². The minimum absolute atomic E-state index is 0.119. The number of hydrogen-bond donors (Lipinski definition) is 9. The molecule has 2 saturated heterocycles. The third kappa shape index (κ3) is 6.75. The fraction of sp³-hybridized carbons (Fsp3) is 0.882. The molecule has 32 heavy (non-hydrogen) atoms. The summed E-state index contributed by atoms with van der Waals surface area (Å²) in [6.45, 7) is -0.510. The van der Waals surface area contributed by atoms with E-state index in [-0.39, 0.29) is 19.8 Å². The van der Waals surface area contributed by atoms with Crippen LogP contribution in [-0.4, -0.2) is 125 Å². The average Bonchev–Trinajstić information content (AvgIpc) is 2.77. The van der Waals surface area contributed by atoms with Gasteiger partial charge in [0.15, 0.2) is 12.6 Å². The van der Waals surface area contributed by atoms with Crippen LogP contribution < -0.4 is 22.6 Å². The number of ether oxygens (including phenoxy) is 4. The number of aliphatic hydroxyl groups excluding tert-OH is 5. The first-order chi connectivity index (χ1) is 15.2. The molecule has 4 unspecified atom stereocenters. The Labute approximate surface area is 184 Å². The average molecular weight is 467 g/mol. The van der Waals surface area contributed by atoms with Crippen molar-refractivity contribution in [3.05, 3.63) is 0 Å². The van der Waals surface area contributed by atoms with Gasteiger partial charge in [-0.15, -0.1) is 0 Å². The Hall–Kier alpha value is -1.50. The summed E-state index contributed by atoms with van der Waals surface area (Å²) in [5, 5.41) is 55.2. The predicted molar refractivity (Wildman–Crippen MR) is 107 cm³/mol. The number of amides is 1. The minimum Gasteiger partial charge on any atom is -0.394 e. The lowest BCUT2D eigenvalue weighted by Crippen LogP contribution is -2.64. The van der Waals surface area contributed by atoms with Gasteiger partial charge >= 0.3 is 0 Å². The zero-order valence-corrected chi connectivity index (χ0v) is 17.3. The zero-order chi connectivity index (χ0) is 23.8. The van der Waals surface area contributed by atoms with Gasteiger partial charge in [-0.05, 0) is 6.42 Å². The highest BCUT2D eigenvalue weighted by Crippen LogP contribution is 2.24. The number of hydrazone groups is 1. The second-order valence-corrected chi connectivity index (χ2v) is 7.51. The smallest absolute Gasteiger partial charge is 0.264 e. The molecular formula is C17H33N5O10. The Morgan fingerprint density at radius 2 is 1.53 bits per heavy atom. The number of hydrogen-bond acceptors (Lipinski definition) is 14. The molecular weight excluding hydrogens is 434 g/mol. The topological polar surface area (TPSA) is 258 Å². The van der Waals surface area contributed by atoms with Gasteiger partial charge in [-0.2, -0.15) is 5.10 Å². The van der Waals surface area contributed by atoms with Crippen molar-refractivity contribution < 1.29 is 49.3 Å². The van der Waals surface area contributed by atoms with Crippen molar-refractivity contribution in [2.45, 2.75) is 67.7 Å². The highest BCUT2D eigenvalue weighted by atomic mass is 16.7. The number of nitrogens with two attached hydrogens (primary N) is 3. The van der Waals surface area contributed by atoms with Gasteiger partial charge in [0.1, 0.15) is 42.8 Å². The molecule has 0 aromatic rings. The third-order valence-corrected chi connectivity index (χ3v) is 5.20. The Morgan fingerprint density at radius 1 is 0.969 bits per heavy atom. The first kappa shape index (κ1) is 26.7. The van der Waals surface area contributed by atoms with Gasteiger partial charge in [-0.25, -0.2) is 0 Å². The first-order valence-electron chi connectivity index (χ1n) is 10.1. The molecule has 0 saturated carbocycles. The summed E-state index contributed by atoms with van der Waals surface area (Å²) >= 11 is 0. The molecule has 10 atom stereocenters. The van der Waals surface area contributed by atoms with E-state index < -0.39 is 73.8 Å². The van der Waals surface area contributed by atoms with Crippen LogP contribution in [0, 0.1) is 0 Å². The van der Waals surface area contributed by atoms with Crippen LogP contribution in [0.25, 0.3) is 0 Å². The SMILES string of the molecule is N/N=C/C(=O)NCCCO[C@@H]1OC(CO[C@@H]2OC(CO)[C@@H](O)[C@H](O)C2N)[C@@H](O)[C@H](O)C1N. The molecule has 15 nitrogen and oxygen atoms in total. The fourth-order valence-corrected chi connectivity index (χ4v) is 3.28. The number of rotatable bonds is 10. The Balaban J connectivity index is 1.85. The second-order valence-electron chi connectivity index (χ2n) is 7.51. The van der Waals surface area contributed by atoms with Crippen molar-refractivity contribution in [1.29, 1.82) is 0 Å². The lowest BCUT2D eigenvalue weighted by molar-refractivity contribution is -0.299. The monoisotopic (exact) mass is 467 g/mol. The van der Waals surface area contributed by atoms with Crippen molar-refractivity contribution in [3.63, 3.8) is 0 Å². The van der Waals surface area contributed by atoms with Gasteiger partial charge in [0, 0.05) is 6.54 Å². The summed E-state index contributed by atoms with van der Waals surface area (Å²) < 4.78 is 22.0. The van der Waals surface area contributed by atoms with E-state index in [1.54, 1.807) is 0 Å². The summed E-state index contributed by atoms with van der Waals surface area (Å²) in [7, 11) is 0. The number of carbonyl (C=O) groups is 1. The predicted octanol–water partition coefficient (Wildman–Crippen LogP) is -5.99. The number of nitrogens with one attached hydrogen (secondary N) is 1. The minimum atomic E-state index is -1.41. The molecule has 186 valence electrons. The van der Waals surface area contributed by atoms with Crippen LogP contribution >= 0.6 is 0 Å². The van der Waals surface area contributed by atoms with Crippen molar-refractivity contribution in [2.24, 2.45) is 22.4 Å². The maximum atomic E-state index is 11.2. The maximum Gasteiger partial charge on any atom is 0.264 e. The molecule has 0 bridgehead atoms. The highest BCUT2D eigenvalue weighted by Gasteiger charge is 2.46. The van der Waals surface area contributed by atoms with E-state index in [0.717, 1.165) is 6.21 Å². The third-order valence-electron chi connectivity index (χ3n) is 5.20. The van der Waals surface area contributed by atoms with Gasteiger partial charge < -0.3 is 67.1 Å². The number of aliphatic hydroxyl groups is 5. The van der Waals surface area contributed by atoms with E-state index in [2.05, 4.69) is 10.4 Å². The van der Waals surface area contributed by atoms with E-state index in [0.29, 0.717) is 6.42 Å². The summed E-state index contributed by atoms with van der Waals surface area (Å²) in [5.74, 6) is 4.41. The second kappa shape index (κ2) is 12.7. The van der Waals surface area contributed by atoms with E-state index in [4.69, 9.17) is 36.3 Å². The summed E-state index contributed by atoms with van der Waals surface area (Å²) in [6, 6.07) is -2.18. The molecule has 2 heterocycles. The molecule has 2 aliphatic heterocycles. The van der Waals surface area contributed by atoms with Gasteiger partial charge in [0.25, 0.3) is 5.91 Å². The molecule has 2 fully saturated rings. The molecule has 0 spiro atoms. The lowest BCUT2D eigenvalue weighted by Gasteiger charge is -2.43. The molecule has 2 rings (SSSR count). The van der Waals surface area contributed by atoms with Crippen LogP contribution in [0.15, 0.2) is 5.10 Å². The summed E-state index contributed by atoms with van der Waals surface area (Å²) in [6.07, 6.45) is -8.77. The van der Waals surface area contributed by atoms with Crippen LogP contribution in [0.2, 0.25) is 0 Å². The molecule has 15 heteroatoms. The molecule has 1 amide bonds. The van der Waals surface area contributed by atoms with Crippen molar-refractivity contribution in [1.82, 2.24) is 5.32 Å². The van der Waals surface area contributed by atoms with Crippen LogP contribution in [0.4, 0.5) is 0 Å². The zero-order valence-electron chi connectivity index (χ0n) is 17.3. The Morgan fingerprint density at radius 3 is 2.12 bits per heavy atom. The molecule has 2 aliphatic rings. The van der Waals surface area contributed by atoms with E-state index in [9.17, 15) is 30.3 Å². The van der Waals surface area contributed by atoms with Gasteiger partial charge in [-0.1, -0.05) is 0 Å². The largest absolute Gasteiger partial charge is 0.394 e. The lowest BCUT2D eigenvalue weighted by atomic mass is 9.97. The Kier molecular flexibility index (Phi) is 10.6. The van der Waals surface area contributed by atoms with Crippen LogP contribution in [0.1, 0.15) is 6.42 Å². The quantitative estimate of drug-likeness (QED) is 0.0628. The number of nitrogens with zero attached hydrogens (tertiary/aromatic N) is 1. The fourth-order valence-electron chi connectivity index (χ4n) is 3.28. The van der Waals surface area contributed by atoms with Gasteiger partial charge in [0.05, 0.1) is 31.9 Å². The Bertz CT molecular complexity index is 614. The maximum absolute atomic E-state index is 11.2. The van der Waals surface area contributed by atoms with Gasteiger partial charge in [0.2, 0.25) is 0 Å². The van der Waals surface area contributed by atoms with Gasteiger partial charge in [-0.3, -0.25) is 4.79 Å². The van der Waals surface area contributed by atoms with Crippen LogP contribution in [-0.2, 0) is 23.7 Å². The molecule has 12 N–H and O–H groups in total. The van der Waals surface area contributed by atoms with Crippen LogP contribution in [0.5, 0.6) is 0 Å². The highest BCUT2D eigenvalue weighted by molar-refractivity contribution is 6.26. The van der Waals surface area contributed by atoms with E-state index in [1.807, 2.05) is 0 Å². The van der Waals surface area contributed by atoms with Crippen molar-refractivity contribution in [2.75, 3.05) is 26.4 Å². The summed E-state index contributed by atoms with van der Waals surface area (Å²) in [5.41, 5.74) is 11.7. The van der Waals surface area contributed by atoms with E-state index >= 15 is 0 Å². The molecule has 0 aromatic heterocycles. The molecule has 0 aliphatic carbocycles. The van der Waals surface area contributed by atoms with Crippen molar-refractivity contribution in [3.8, 4) is 0 Å². The molecule has 0 aromatic carbocycles. The summed E-state index contributed by atoms with van der Waals surface area (Å²) in [4.78, 5) is 11.2. The first-order valence-corrected chi connectivity index (χ1v) is 10.1. The number of carbonyl (C=O) groups excluding carboxylic acids is 1. The normalized spacial score (nSPS) is 40.5. The standard InChI is InChI=1S/C17H33N5O10/c18-10-15(28)13(26)8(32-16(10)29-3-1-2-21-9(24)4-22-20)6-30-17-11(19)14(27)12(25)7(5-23)31-17/h4,7-8,10-17,23,25-28H,1-3,5-6,18-20H2,(H,21,24)/b22-4+/t7?,8?,10?,11?,12-,13-,14-,15-,16-,17-/m1/s1.